The third-order valence-electron chi connectivity index (χ3n) is 4.62. The van der Waals surface area contributed by atoms with Gasteiger partial charge in [0.25, 0.3) is 5.91 Å². The molecule has 3 aromatic carbocycles. The summed E-state index contributed by atoms with van der Waals surface area (Å²) in [6, 6.07) is 20.7. The number of hydrogen-bond acceptors (Lipinski definition) is 4. The first-order valence-electron chi connectivity index (χ1n) is 9.60. The van der Waals surface area contributed by atoms with Crippen molar-refractivity contribution >= 4 is 69.7 Å². The maximum absolute atomic E-state index is 12.3. The highest BCUT2D eigenvalue weighted by Crippen LogP contribution is 2.27. The van der Waals surface area contributed by atoms with Gasteiger partial charge < -0.3 is 4.57 Å². The van der Waals surface area contributed by atoms with E-state index in [2.05, 4.69) is 15.1 Å². The number of hydrazone groups is 1. The molecule has 0 bridgehead atoms. The molecule has 1 heterocycles. The van der Waals surface area contributed by atoms with E-state index in [0.29, 0.717) is 27.2 Å². The molecule has 1 amide bonds. The Balaban J connectivity index is 1.47. The van der Waals surface area contributed by atoms with Gasteiger partial charge in [-0.1, -0.05) is 83.0 Å². The summed E-state index contributed by atoms with van der Waals surface area (Å²) in [6.45, 7) is 0.549. The number of nitrogens with one attached hydrogen (secondary N) is 1. The fraction of sp³-hybridized carbons (Fsp3) is 0.0870. The van der Waals surface area contributed by atoms with Crippen molar-refractivity contribution in [2.75, 3.05) is 5.75 Å². The average molecular weight is 504 g/mol. The van der Waals surface area contributed by atoms with Gasteiger partial charge >= 0.3 is 0 Å². The first-order chi connectivity index (χ1) is 15.5. The Kier molecular flexibility index (Phi) is 7.37. The third kappa shape index (κ3) is 5.27. The molecule has 32 heavy (non-hydrogen) atoms. The second-order valence-electron chi connectivity index (χ2n) is 6.78. The lowest BCUT2D eigenvalue weighted by Gasteiger charge is -2.10. The van der Waals surface area contributed by atoms with Gasteiger partial charge in [-0.2, -0.15) is 5.10 Å². The van der Waals surface area contributed by atoms with E-state index in [9.17, 15) is 4.79 Å². The van der Waals surface area contributed by atoms with Crippen molar-refractivity contribution in [1.82, 2.24) is 15.0 Å². The van der Waals surface area contributed by atoms with Crippen molar-refractivity contribution in [2.24, 2.45) is 5.10 Å². The average Bonchev–Trinajstić information content (AvgIpc) is 3.13. The number of carbonyl (C=O) groups excluding carboxylic acids is 1. The summed E-state index contributed by atoms with van der Waals surface area (Å²) in [4.78, 5) is 17.0. The molecule has 0 spiro atoms. The molecule has 0 atom stereocenters. The van der Waals surface area contributed by atoms with Crippen molar-refractivity contribution < 1.29 is 4.79 Å². The molecule has 1 aromatic heterocycles. The highest BCUT2D eigenvalue weighted by Gasteiger charge is 2.14. The minimum Gasteiger partial charge on any atom is -0.314 e. The maximum Gasteiger partial charge on any atom is 0.250 e. The molecule has 9 heteroatoms. The molecule has 0 saturated carbocycles. The van der Waals surface area contributed by atoms with Crippen LogP contribution in [0.3, 0.4) is 0 Å². The molecular formula is C23H17Cl3N4OS. The number of aromatic nitrogens is 2. The van der Waals surface area contributed by atoms with E-state index in [0.717, 1.165) is 21.8 Å². The number of hydrogen-bond donors (Lipinski definition) is 1. The van der Waals surface area contributed by atoms with Crippen LogP contribution in [-0.2, 0) is 11.3 Å². The maximum atomic E-state index is 12.3. The molecule has 0 aliphatic heterocycles. The molecule has 4 aromatic rings. The minimum absolute atomic E-state index is 0.138. The number of imidazole rings is 1. The highest BCUT2D eigenvalue weighted by molar-refractivity contribution is 7.99. The van der Waals surface area contributed by atoms with E-state index in [1.807, 2.05) is 48.5 Å². The van der Waals surface area contributed by atoms with E-state index < -0.39 is 0 Å². The Hall–Kier alpha value is -2.51. The summed E-state index contributed by atoms with van der Waals surface area (Å²) in [6.07, 6.45) is 1.43. The Morgan fingerprint density at radius 1 is 0.969 bits per heavy atom. The summed E-state index contributed by atoms with van der Waals surface area (Å²) in [5, 5.41) is 6.29. The van der Waals surface area contributed by atoms with Crippen LogP contribution in [-0.4, -0.2) is 27.4 Å². The summed E-state index contributed by atoms with van der Waals surface area (Å²) in [5.41, 5.74) is 5.85. The molecule has 0 fully saturated rings. The third-order valence-corrected chi connectivity index (χ3v) is 6.63. The highest BCUT2D eigenvalue weighted by atomic mass is 35.5. The first-order valence-corrected chi connectivity index (χ1v) is 11.7. The van der Waals surface area contributed by atoms with Crippen LogP contribution in [0.4, 0.5) is 0 Å². The van der Waals surface area contributed by atoms with Gasteiger partial charge in [0.15, 0.2) is 5.16 Å². The van der Waals surface area contributed by atoms with Crippen LogP contribution in [0.5, 0.6) is 0 Å². The van der Waals surface area contributed by atoms with Gasteiger partial charge in [-0.3, -0.25) is 4.79 Å². The summed E-state index contributed by atoms with van der Waals surface area (Å²) >= 11 is 19.9. The van der Waals surface area contributed by atoms with Crippen LogP contribution in [0, 0.1) is 0 Å². The van der Waals surface area contributed by atoms with E-state index in [1.165, 1.54) is 18.0 Å². The second kappa shape index (κ2) is 10.4. The van der Waals surface area contributed by atoms with Crippen molar-refractivity contribution in [2.45, 2.75) is 11.7 Å². The lowest BCUT2D eigenvalue weighted by Crippen LogP contribution is -2.20. The summed E-state index contributed by atoms with van der Waals surface area (Å²) < 4.78 is 2.06. The molecule has 1 N–H and O–H groups in total. The summed E-state index contributed by atoms with van der Waals surface area (Å²) in [7, 11) is 0. The van der Waals surface area contributed by atoms with E-state index in [-0.39, 0.29) is 11.7 Å². The van der Waals surface area contributed by atoms with E-state index >= 15 is 0 Å². The fourth-order valence-corrected chi connectivity index (χ4v) is 4.58. The number of halogens is 3. The van der Waals surface area contributed by atoms with E-state index in [4.69, 9.17) is 39.8 Å². The Bertz CT molecular complexity index is 1290. The lowest BCUT2D eigenvalue weighted by molar-refractivity contribution is -0.118. The van der Waals surface area contributed by atoms with Crippen LogP contribution in [0.1, 0.15) is 11.1 Å². The molecule has 5 nitrogen and oxygen atoms in total. The summed E-state index contributed by atoms with van der Waals surface area (Å²) in [5.74, 6) is -0.134. The van der Waals surface area contributed by atoms with Crippen molar-refractivity contribution in [3.05, 3.63) is 92.9 Å². The van der Waals surface area contributed by atoms with Gasteiger partial charge in [-0.05, 0) is 35.9 Å². The number of rotatable bonds is 7. The van der Waals surface area contributed by atoms with Crippen molar-refractivity contribution in [1.29, 1.82) is 0 Å². The van der Waals surface area contributed by atoms with Crippen LogP contribution >= 0.6 is 46.6 Å². The number of carbonyl (C=O) groups is 1. The van der Waals surface area contributed by atoms with Gasteiger partial charge in [0.2, 0.25) is 0 Å². The zero-order valence-corrected chi connectivity index (χ0v) is 19.7. The van der Waals surface area contributed by atoms with Crippen LogP contribution in [0.2, 0.25) is 15.1 Å². The Labute approximate surface area is 204 Å². The molecule has 0 aliphatic carbocycles. The number of benzene rings is 3. The molecular weight excluding hydrogens is 487 g/mol. The van der Waals surface area contributed by atoms with Crippen molar-refractivity contribution in [3.63, 3.8) is 0 Å². The molecule has 0 unspecified atom stereocenters. The predicted molar refractivity (Wildman–Crippen MR) is 133 cm³/mol. The fourth-order valence-electron chi connectivity index (χ4n) is 3.08. The van der Waals surface area contributed by atoms with E-state index in [1.54, 1.807) is 18.2 Å². The monoisotopic (exact) mass is 502 g/mol. The van der Waals surface area contributed by atoms with Gasteiger partial charge in [0, 0.05) is 10.6 Å². The Morgan fingerprint density at radius 2 is 1.66 bits per heavy atom. The number of nitrogens with zero attached hydrogens (tertiary/aromatic N) is 3. The zero-order valence-electron chi connectivity index (χ0n) is 16.6. The van der Waals surface area contributed by atoms with Gasteiger partial charge in [0.1, 0.15) is 0 Å². The smallest absolute Gasteiger partial charge is 0.250 e. The number of para-hydroxylation sites is 2. The lowest BCUT2D eigenvalue weighted by atomic mass is 10.2. The molecule has 162 valence electrons. The molecule has 0 radical (unpaired) electrons. The topological polar surface area (TPSA) is 59.3 Å². The number of amides is 1. The molecule has 4 rings (SSSR count). The minimum atomic E-state index is -0.272. The zero-order chi connectivity index (χ0) is 22.5. The van der Waals surface area contributed by atoms with Gasteiger partial charge in [-0.25, -0.2) is 10.4 Å². The first kappa shape index (κ1) is 22.7. The second-order valence-corrected chi connectivity index (χ2v) is 8.94. The standard InChI is InChI=1S/C23H17Cl3N4OS/c24-17-7-2-1-6-15(17)13-30-21-11-4-3-10-20(21)28-23(30)32-14-22(31)29-27-12-16-18(25)8-5-9-19(16)26/h1-12H,13-14H2,(H,29,31)/b27-12-. The van der Waals surface area contributed by atoms with Crippen LogP contribution < -0.4 is 5.43 Å². The van der Waals surface area contributed by atoms with Crippen LogP contribution in [0.25, 0.3) is 11.0 Å². The quantitative estimate of drug-likeness (QED) is 0.183. The van der Waals surface area contributed by atoms with Crippen molar-refractivity contribution in [3.8, 4) is 0 Å². The molecule has 0 aliphatic rings. The van der Waals surface area contributed by atoms with Gasteiger partial charge in [-0.15, -0.1) is 0 Å². The van der Waals surface area contributed by atoms with Crippen LogP contribution in [0.15, 0.2) is 77.0 Å². The normalized spacial score (nSPS) is 11.3. The predicted octanol–water partition coefficient (Wildman–Crippen LogP) is 6.29. The number of fused-ring (bicyclic) bond motifs is 1. The largest absolute Gasteiger partial charge is 0.314 e. The van der Waals surface area contributed by atoms with Gasteiger partial charge in [0.05, 0.1) is 39.6 Å². The molecule has 0 saturated heterocycles. The Morgan fingerprint density at radius 3 is 2.44 bits per heavy atom. The number of thioether (sulfide) groups is 1. The SMILES string of the molecule is O=C(CSc1nc2ccccc2n1Cc1ccccc1Cl)N/N=C\c1c(Cl)cccc1Cl.